The normalized spacial score (nSPS) is 23.4. The van der Waals surface area contributed by atoms with Gasteiger partial charge in [-0.05, 0) is 29.2 Å². The first-order valence-corrected chi connectivity index (χ1v) is 8.09. The summed E-state index contributed by atoms with van der Waals surface area (Å²) in [5, 5.41) is 9.18. The van der Waals surface area contributed by atoms with E-state index in [2.05, 4.69) is 53.4 Å². The number of carboxylic acid groups (broad SMARTS) is 1. The number of benzene rings is 2. The predicted octanol–water partition coefficient (Wildman–Crippen LogP) is 3.29. The molecule has 2 fully saturated rings. The van der Waals surface area contributed by atoms with Crippen LogP contribution < -0.4 is 0 Å². The number of piperazine rings is 1. The lowest BCUT2D eigenvalue weighted by Crippen LogP contribution is -2.47. The second-order valence-corrected chi connectivity index (χ2v) is 6.47. The van der Waals surface area contributed by atoms with Crippen LogP contribution in [0, 0.1) is 0 Å². The van der Waals surface area contributed by atoms with Crippen LogP contribution in [0.2, 0.25) is 0 Å². The Labute approximate surface area is 136 Å². The van der Waals surface area contributed by atoms with Crippen molar-refractivity contribution in [2.75, 3.05) is 13.1 Å². The molecule has 2 aromatic carbocycles. The van der Waals surface area contributed by atoms with E-state index in [1.165, 1.54) is 16.7 Å². The number of fused-ring (bicyclic) bond motifs is 2. The molecule has 4 heteroatoms. The van der Waals surface area contributed by atoms with Crippen molar-refractivity contribution in [1.29, 1.82) is 0 Å². The lowest BCUT2D eigenvalue weighted by atomic mass is 10.0. The molecule has 2 saturated heterocycles. The first kappa shape index (κ1) is 14.3. The molecule has 2 aromatic rings. The fourth-order valence-electron chi connectivity index (χ4n) is 3.89. The molecule has 118 valence electrons. The number of amides is 1. The number of rotatable bonds is 3. The van der Waals surface area contributed by atoms with Gasteiger partial charge in [-0.3, -0.25) is 4.90 Å². The summed E-state index contributed by atoms with van der Waals surface area (Å²) in [5.41, 5.74) is 3.76. The van der Waals surface area contributed by atoms with Crippen LogP contribution in [-0.2, 0) is 6.54 Å². The largest absolute Gasteiger partial charge is 0.465 e. The summed E-state index contributed by atoms with van der Waals surface area (Å²) in [4.78, 5) is 15.2. The molecule has 2 aliphatic rings. The van der Waals surface area contributed by atoms with Gasteiger partial charge in [0.25, 0.3) is 0 Å². The van der Waals surface area contributed by atoms with Gasteiger partial charge in [0.15, 0.2) is 0 Å². The highest BCUT2D eigenvalue weighted by atomic mass is 16.4. The zero-order valence-corrected chi connectivity index (χ0v) is 12.9. The minimum absolute atomic E-state index is 0.176. The molecule has 0 unspecified atom stereocenters. The average molecular weight is 308 g/mol. The highest BCUT2D eigenvalue weighted by Crippen LogP contribution is 2.32. The standard InChI is InChI=1S/C19H20N2O2/c22-19(23)21-13-17-10-18(21)12-20(17)11-14-5-4-8-16(9-14)15-6-2-1-3-7-15/h1-9,17-18H,10-13H2,(H,22,23)/t17-,18-/m0/s1. The van der Waals surface area contributed by atoms with E-state index in [9.17, 15) is 9.90 Å². The molecule has 1 N–H and O–H groups in total. The molecule has 4 nitrogen and oxygen atoms in total. The summed E-state index contributed by atoms with van der Waals surface area (Å²) in [6.07, 6.45) is 0.202. The fourth-order valence-corrected chi connectivity index (χ4v) is 3.89. The van der Waals surface area contributed by atoms with E-state index in [1.54, 1.807) is 4.90 Å². The summed E-state index contributed by atoms with van der Waals surface area (Å²) in [6.45, 7) is 2.40. The highest BCUT2D eigenvalue weighted by molar-refractivity contribution is 5.66. The molecule has 2 heterocycles. The van der Waals surface area contributed by atoms with Crippen LogP contribution >= 0.6 is 0 Å². The SMILES string of the molecule is O=C(O)N1C[C@@H]2C[C@H]1CN2Cc1cccc(-c2ccccc2)c1. The molecule has 0 saturated carbocycles. The third kappa shape index (κ3) is 2.70. The lowest BCUT2D eigenvalue weighted by molar-refractivity contribution is 0.100. The van der Waals surface area contributed by atoms with Crippen LogP contribution in [0.4, 0.5) is 4.79 Å². The third-order valence-electron chi connectivity index (χ3n) is 5.02. The van der Waals surface area contributed by atoms with E-state index in [0.717, 1.165) is 19.5 Å². The van der Waals surface area contributed by atoms with Gasteiger partial charge in [0.1, 0.15) is 0 Å². The monoisotopic (exact) mass is 308 g/mol. The molecular weight excluding hydrogens is 288 g/mol. The van der Waals surface area contributed by atoms with Crippen LogP contribution in [0.1, 0.15) is 12.0 Å². The van der Waals surface area contributed by atoms with Crippen molar-refractivity contribution >= 4 is 6.09 Å². The molecule has 2 atom stereocenters. The van der Waals surface area contributed by atoms with E-state index < -0.39 is 6.09 Å². The van der Waals surface area contributed by atoms with Gasteiger partial charge in [-0.25, -0.2) is 4.79 Å². The van der Waals surface area contributed by atoms with Gasteiger partial charge in [0.05, 0.1) is 0 Å². The second kappa shape index (κ2) is 5.70. The number of likely N-dealkylation sites (tertiary alicyclic amines) is 2. The van der Waals surface area contributed by atoms with Crippen LogP contribution in [0.25, 0.3) is 11.1 Å². The predicted molar refractivity (Wildman–Crippen MR) is 89.2 cm³/mol. The van der Waals surface area contributed by atoms with Gasteiger partial charge < -0.3 is 10.0 Å². The molecule has 0 aromatic heterocycles. The number of nitrogens with zero attached hydrogens (tertiary/aromatic N) is 2. The summed E-state index contributed by atoms with van der Waals surface area (Å²) in [7, 11) is 0. The van der Waals surface area contributed by atoms with Gasteiger partial charge in [-0.1, -0.05) is 48.5 Å². The Morgan fingerprint density at radius 3 is 2.48 bits per heavy atom. The van der Waals surface area contributed by atoms with Crippen molar-refractivity contribution < 1.29 is 9.90 Å². The molecular formula is C19H20N2O2. The quantitative estimate of drug-likeness (QED) is 0.946. The fraction of sp³-hybridized carbons (Fsp3) is 0.316. The Balaban J connectivity index is 1.48. The molecule has 0 spiro atoms. The van der Waals surface area contributed by atoms with Crippen LogP contribution in [-0.4, -0.2) is 46.2 Å². The van der Waals surface area contributed by atoms with Crippen LogP contribution in [0.5, 0.6) is 0 Å². The van der Waals surface area contributed by atoms with Gasteiger partial charge >= 0.3 is 6.09 Å². The van der Waals surface area contributed by atoms with Gasteiger partial charge in [0, 0.05) is 31.7 Å². The highest BCUT2D eigenvalue weighted by Gasteiger charge is 2.45. The first-order chi connectivity index (χ1) is 11.2. The molecule has 0 radical (unpaired) electrons. The minimum atomic E-state index is -0.775. The summed E-state index contributed by atoms with van der Waals surface area (Å²) >= 11 is 0. The van der Waals surface area contributed by atoms with E-state index in [0.29, 0.717) is 12.6 Å². The van der Waals surface area contributed by atoms with Gasteiger partial charge in [-0.2, -0.15) is 0 Å². The topological polar surface area (TPSA) is 43.8 Å². The van der Waals surface area contributed by atoms with Crippen molar-refractivity contribution in [3.8, 4) is 11.1 Å². The zero-order valence-electron chi connectivity index (χ0n) is 12.9. The van der Waals surface area contributed by atoms with Gasteiger partial charge in [0.2, 0.25) is 0 Å². The smallest absolute Gasteiger partial charge is 0.407 e. The lowest BCUT2D eigenvalue weighted by Gasteiger charge is -2.32. The van der Waals surface area contributed by atoms with E-state index in [-0.39, 0.29) is 6.04 Å². The number of carbonyl (C=O) groups is 1. The van der Waals surface area contributed by atoms with Crippen molar-refractivity contribution in [2.24, 2.45) is 0 Å². The Morgan fingerprint density at radius 1 is 1.00 bits per heavy atom. The van der Waals surface area contributed by atoms with Crippen molar-refractivity contribution in [2.45, 2.75) is 25.0 Å². The molecule has 0 aliphatic carbocycles. The Kier molecular flexibility index (Phi) is 3.54. The van der Waals surface area contributed by atoms with E-state index >= 15 is 0 Å². The van der Waals surface area contributed by atoms with Crippen molar-refractivity contribution in [3.63, 3.8) is 0 Å². The number of hydrogen-bond acceptors (Lipinski definition) is 2. The molecule has 1 amide bonds. The Hall–Kier alpha value is -2.33. The zero-order chi connectivity index (χ0) is 15.8. The summed E-state index contributed by atoms with van der Waals surface area (Å²) in [6, 6.07) is 19.6. The van der Waals surface area contributed by atoms with Crippen molar-refractivity contribution in [1.82, 2.24) is 9.80 Å². The third-order valence-corrected chi connectivity index (χ3v) is 5.02. The van der Waals surface area contributed by atoms with Crippen LogP contribution in [0.3, 0.4) is 0 Å². The molecule has 2 aliphatic heterocycles. The second-order valence-electron chi connectivity index (χ2n) is 6.47. The maximum Gasteiger partial charge on any atom is 0.407 e. The first-order valence-electron chi connectivity index (χ1n) is 8.09. The van der Waals surface area contributed by atoms with E-state index in [1.807, 2.05) is 6.07 Å². The summed E-state index contributed by atoms with van der Waals surface area (Å²) in [5.74, 6) is 0. The molecule has 4 rings (SSSR count). The minimum Gasteiger partial charge on any atom is -0.465 e. The van der Waals surface area contributed by atoms with Gasteiger partial charge in [-0.15, -0.1) is 0 Å². The van der Waals surface area contributed by atoms with E-state index in [4.69, 9.17) is 0 Å². The van der Waals surface area contributed by atoms with Crippen LogP contribution in [0.15, 0.2) is 54.6 Å². The molecule has 2 bridgehead atoms. The Morgan fingerprint density at radius 2 is 1.78 bits per heavy atom. The maximum atomic E-state index is 11.2. The average Bonchev–Trinajstić information content (AvgIpc) is 3.16. The Bertz CT molecular complexity index is 716. The maximum absolute atomic E-state index is 11.2. The number of hydrogen-bond donors (Lipinski definition) is 1. The molecule has 23 heavy (non-hydrogen) atoms. The van der Waals surface area contributed by atoms with Crippen molar-refractivity contribution in [3.05, 3.63) is 60.2 Å². The summed E-state index contributed by atoms with van der Waals surface area (Å²) < 4.78 is 0.